The zero-order valence-corrected chi connectivity index (χ0v) is 19.8. The number of hydrogen-bond acceptors (Lipinski definition) is 7. The highest BCUT2D eigenvalue weighted by Crippen LogP contribution is 2.34. The van der Waals surface area contributed by atoms with Crippen LogP contribution in [-0.2, 0) is 37.2 Å². The van der Waals surface area contributed by atoms with Crippen LogP contribution in [0.2, 0.25) is 0 Å². The fourth-order valence-corrected chi connectivity index (χ4v) is 5.06. The Bertz CT molecular complexity index is 1070. The van der Waals surface area contributed by atoms with E-state index in [-0.39, 0.29) is 29.4 Å². The first-order chi connectivity index (χ1) is 14.9. The third kappa shape index (κ3) is 5.11. The lowest BCUT2D eigenvalue weighted by atomic mass is 10.1. The standard InChI is InChI=1S/C23H30N2O6S/c1-16(2)23(24,22(27)31-15-17-9-7-6-8-10-17)32(28,29)20-12-11-19(30-5)13-18(20)14-21(26)25(3)4/h6-13,16H,14-15,24H2,1-5H3. The van der Waals surface area contributed by atoms with Gasteiger partial charge in [-0.15, -0.1) is 0 Å². The average molecular weight is 463 g/mol. The Kier molecular flexibility index (Phi) is 8.03. The van der Waals surface area contributed by atoms with Crippen molar-refractivity contribution in [3.05, 3.63) is 59.7 Å². The first-order valence-electron chi connectivity index (χ1n) is 10.1. The van der Waals surface area contributed by atoms with Crippen LogP contribution in [0.3, 0.4) is 0 Å². The summed E-state index contributed by atoms with van der Waals surface area (Å²) in [7, 11) is 0.117. The molecule has 0 aliphatic heterocycles. The lowest BCUT2D eigenvalue weighted by molar-refractivity contribution is -0.149. The second-order valence-corrected chi connectivity index (χ2v) is 10.1. The number of esters is 1. The zero-order valence-electron chi connectivity index (χ0n) is 19.0. The molecule has 2 rings (SSSR count). The minimum absolute atomic E-state index is 0.116. The summed E-state index contributed by atoms with van der Waals surface area (Å²) in [4.78, 5) is 24.2. The highest BCUT2D eigenvalue weighted by atomic mass is 32.2. The van der Waals surface area contributed by atoms with Crippen LogP contribution < -0.4 is 10.5 Å². The van der Waals surface area contributed by atoms with E-state index in [1.165, 1.54) is 44.1 Å². The van der Waals surface area contributed by atoms with Crippen molar-refractivity contribution in [3.8, 4) is 5.75 Å². The Hall–Kier alpha value is -2.91. The van der Waals surface area contributed by atoms with Crippen LogP contribution in [0.5, 0.6) is 5.75 Å². The molecule has 1 atom stereocenters. The SMILES string of the molecule is COc1ccc(S(=O)(=O)C(N)(C(=O)OCc2ccccc2)C(C)C)c(CC(=O)N(C)C)c1. The summed E-state index contributed by atoms with van der Waals surface area (Å²) in [6, 6.07) is 13.1. The molecule has 0 radical (unpaired) electrons. The summed E-state index contributed by atoms with van der Waals surface area (Å²) in [6.07, 6.45) is -0.202. The third-order valence-electron chi connectivity index (χ3n) is 5.23. The summed E-state index contributed by atoms with van der Waals surface area (Å²) >= 11 is 0. The van der Waals surface area contributed by atoms with Crippen molar-refractivity contribution in [2.45, 2.75) is 36.6 Å². The molecule has 0 bridgehead atoms. The highest BCUT2D eigenvalue weighted by Gasteiger charge is 2.53. The molecule has 9 heteroatoms. The maximum absolute atomic E-state index is 13.7. The van der Waals surface area contributed by atoms with Gasteiger partial charge in [-0.2, -0.15) is 0 Å². The van der Waals surface area contributed by atoms with E-state index in [0.717, 1.165) is 0 Å². The van der Waals surface area contributed by atoms with Crippen LogP contribution in [0.15, 0.2) is 53.4 Å². The maximum atomic E-state index is 13.7. The van der Waals surface area contributed by atoms with E-state index in [1.807, 2.05) is 6.07 Å². The smallest absolute Gasteiger partial charge is 0.343 e. The molecule has 0 spiro atoms. The number of ether oxygens (including phenoxy) is 2. The fourth-order valence-electron chi connectivity index (χ4n) is 3.08. The number of likely N-dealkylation sites (N-methyl/N-ethyl adjacent to an activating group) is 1. The second kappa shape index (κ2) is 10.1. The normalized spacial score (nSPS) is 13.3. The van der Waals surface area contributed by atoms with Gasteiger partial charge in [0.1, 0.15) is 12.4 Å². The second-order valence-electron chi connectivity index (χ2n) is 7.95. The number of sulfone groups is 1. The van der Waals surface area contributed by atoms with Gasteiger partial charge in [0.25, 0.3) is 0 Å². The van der Waals surface area contributed by atoms with Crippen LogP contribution >= 0.6 is 0 Å². The van der Waals surface area contributed by atoms with Crippen molar-refractivity contribution < 1.29 is 27.5 Å². The molecule has 0 fully saturated rings. The highest BCUT2D eigenvalue weighted by molar-refractivity contribution is 7.93. The lowest BCUT2D eigenvalue weighted by Gasteiger charge is -2.31. The predicted molar refractivity (Wildman–Crippen MR) is 121 cm³/mol. The van der Waals surface area contributed by atoms with Gasteiger partial charge in [0.15, 0.2) is 0 Å². The summed E-state index contributed by atoms with van der Waals surface area (Å²) in [5.74, 6) is -1.80. The minimum atomic E-state index is -4.45. The molecule has 0 saturated heterocycles. The number of methoxy groups -OCH3 is 1. The first kappa shape index (κ1) is 25.4. The van der Waals surface area contributed by atoms with Gasteiger partial charge in [0.2, 0.25) is 20.6 Å². The molecular weight excluding hydrogens is 432 g/mol. The van der Waals surface area contributed by atoms with E-state index < -0.39 is 26.6 Å². The van der Waals surface area contributed by atoms with Gasteiger partial charge in [-0.1, -0.05) is 44.2 Å². The summed E-state index contributed by atoms with van der Waals surface area (Å²) in [6.45, 7) is 2.96. The Morgan fingerprint density at radius 3 is 2.25 bits per heavy atom. The van der Waals surface area contributed by atoms with Gasteiger partial charge in [-0.05, 0) is 35.2 Å². The molecule has 2 aromatic carbocycles. The number of benzene rings is 2. The number of rotatable bonds is 9. The Balaban J connectivity index is 2.51. The van der Waals surface area contributed by atoms with Crippen LogP contribution in [0.25, 0.3) is 0 Å². The quantitative estimate of drug-likeness (QED) is 0.568. The lowest BCUT2D eigenvalue weighted by Crippen LogP contribution is -2.59. The number of carbonyl (C=O) groups is 2. The molecule has 0 aliphatic carbocycles. The van der Waals surface area contributed by atoms with Gasteiger partial charge in [0.05, 0.1) is 18.4 Å². The van der Waals surface area contributed by atoms with E-state index in [9.17, 15) is 18.0 Å². The van der Waals surface area contributed by atoms with Gasteiger partial charge in [0, 0.05) is 14.1 Å². The molecule has 0 saturated carbocycles. The topological polar surface area (TPSA) is 116 Å². The van der Waals surface area contributed by atoms with Crippen molar-refractivity contribution in [3.63, 3.8) is 0 Å². The molecule has 0 aliphatic rings. The number of nitrogens with two attached hydrogens (primary N) is 1. The fraction of sp³-hybridized carbons (Fsp3) is 0.391. The predicted octanol–water partition coefficient (Wildman–Crippen LogP) is 2.15. The summed E-state index contributed by atoms with van der Waals surface area (Å²) in [5, 5.41) is 0. The van der Waals surface area contributed by atoms with Gasteiger partial charge < -0.3 is 20.1 Å². The Morgan fingerprint density at radius 2 is 1.72 bits per heavy atom. The molecule has 174 valence electrons. The first-order valence-corrected chi connectivity index (χ1v) is 11.5. The molecular formula is C23H30N2O6S. The molecule has 2 N–H and O–H groups in total. The van der Waals surface area contributed by atoms with Crippen molar-refractivity contribution in [1.29, 1.82) is 0 Å². The van der Waals surface area contributed by atoms with Gasteiger partial charge in [-0.3, -0.25) is 4.79 Å². The zero-order chi connectivity index (χ0) is 24.1. The van der Waals surface area contributed by atoms with E-state index in [2.05, 4.69) is 0 Å². The maximum Gasteiger partial charge on any atom is 0.343 e. The molecule has 2 aromatic rings. The van der Waals surface area contributed by atoms with Gasteiger partial charge in [-0.25, -0.2) is 13.2 Å². The van der Waals surface area contributed by atoms with Crippen LogP contribution in [-0.4, -0.2) is 51.3 Å². The largest absolute Gasteiger partial charge is 0.497 e. The van der Waals surface area contributed by atoms with E-state index in [1.54, 1.807) is 38.4 Å². The Morgan fingerprint density at radius 1 is 1.09 bits per heavy atom. The van der Waals surface area contributed by atoms with Crippen molar-refractivity contribution in [1.82, 2.24) is 4.90 Å². The molecule has 8 nitrogen and oxygen atoms in total. The number of carbonyl (C=O) groups excluding carboxylic acids is 2. The number of hydrogen-bond donors (Lipinski definition) is 1. The minimum Gasteiger partial charge on any atom is -0.497 e. The van der Waals surface area contributed by atoms with E-state index in [4.69, 9.17) is 15.2 Å². The average Bonchev–Trinajstić information content (AvgIpc) is 2.76. The van der Waals surface area contributed by atoms with Gasteiger partial charge >= 0.3 is 5.97 Å². The van der Waals surface area contributed by atoms with E-state index >= 15 is 0 Å². The molecule has 1 unspecified atom stereocenters. The summed E-state index contributed by atoms with van der Waals surface area (Å²) < 4.78 is 38.0. The van der Waals surface area contributed by atoms with Crippen molar-refractivity contribution in [2.75, 3.05) is 21.2 Å². The molecule has 1 amide bonds. The Labute approximate surface area is 189 Å². The summed E-state index contributed by atoms with van der Waals surface area (Å²) in [5.41, 5.74) is 7.19. The number of amides is 1. The molecule has 0 aromatic heterocycles. The van der Waals surface area contributed by atoms with Crippen molar-refractivity contribution >= 4 is 21.7 Å². The van der Waals surface area contributed by atoms with Crippen LogP contribution in [0.1, 0.15) is 25.0 Å². The molecule has 0 heterocycles. The number of nitrogens with zero attached hydrogens (tertiary/aromatic N) is 1. The van der Waals surface area contributed by atoms with Crippen LogP contribution in [0, 0.1) is 5.92 Å². The third-order valence-corrected chi connectivity index (χ3v) is 7.74. The van der Waals surface area contributed by atoms with Crippen LogP contribution in [0.4, 0.5) is 0 Å². The monoisotopic (exact) mass is 462 g/mol. The van der Waals surface area contributed by atoms with Crippen molar-refractivity contribution in [2.24, 2.45) is 11.7 Å². The van der Waals surface area contributed by atoms with E-state index in [0.29, 0.717) is 11.3 Å². The molecule has 32 heavy (non-hydrogen) atoms.